The summed E-state index contributed by atoms with van der Waals surface area (Å²) in [4.78, 5) is 14.0. The van der Waals surface area contributed by atoms with Crippen molar-refractivity contribution >= 4 is 40.3 Å². The lowest BCUT2D eigenvalue weighted by atomic mass is 10.1. The molecule has 0 spiro atoms. The molecule has 4 heteroatoms. The summed E-state index contributed by atoms with van der Waals surface area (Å²) in [6.45, 7) is 2.04. The number of halogens is 1. The first-order chi connectivity index (χ1) is 9.63. The first-order valence-corrected chi connectivity index (χ1v) is 8.18. The Morgan fingerprint density at radius 2 is 1.80 bits per heavy atom. The van der Waals surface area contributed by atoms with E-state index in [0.717, 1.165) is 21.8 Å². The molecular weight excluding hydrogens is 383 g/mol. The number of hydrogen-bond donors (Lipinski definition) is 0. The molecule has 2 nitrogen and oxygen atoms in total. The van der Waals surface area contributed by atoms with Crippen molar-refractivity contribution in [3.8, 4) is 0 Å². The molecule has 0 aliphatic heterocycles. The van der Waals surface area contributed by atoms with Crippen LogP contribution in [0, 0.1) is 3.57 Å². The van der Waals surface area contributed by atoms with Crippen LogP contribution in [0.4, 0.5) is 0 Å². The average Bonchev–Trinajstić information content (AvgIpc) is 2.48. The second-order valence-corrected chi connectivity index (χ2v) is 6.61. The first-order valence-electron chi connectivity index (χ1n) is 6.28. The zero-order chi connectivity index (χ0) is 14.5. The molecule has 0 saturated carbocycles. The maximum absolute atomic E-state index is 11.8. The molecule has 0 aliphatic rings. The van der Waals surface area contributed by atoms with Crippen molar-refractivity contribution in [1.82, 2.24) is 0 Å². The Kier molecular flexibility index (Phi) is 5.48. The predicted octanol–water partition coefficient (Wildman–Crippen LogP) is 4.79. The third kappa shape index (κ3) is 3.76. The van der Waals surface area contributed by atoms with Gasteiger partial charge in [-0.15, -0.1) is 0 Å². The van der Waals surface area contributed by atoms with E-state index in [1.165, 1.54) is 10.7 Å². The predicted molar refractivity (Wildman–Crippen MR) is 90.4 cm³/mol. The number of methoxy groups -OCH3 is 1. The normalized spacial score (nSPS) is 10.3. The van der Waals surface area contributed by atoms with Crippen molar-refractivity contribution < 1.29 is 9.53 Å². The van der Waals surface area contributed by atoms with Gasteiger partial charge in [-0.3, -0.25) is 0 Å². The van der Waals surface area contributed by atoms with Gasteiger partial charge >= 0.3 is 5.97 Å². The Hall–Kier alpha value is -1.01. The summed E-state index contributed by atoms with van der Waals surface area (Å²) in [7, 11) is 1.42. The van der Waals surface area contributed by atoms with E-state index in [-0.39, 0.29) is 5.97 Å². The van der Waals surface area contributed by atoms with Crippen LogP contribution in [0.15, 0.2) is 52.3 Å². The number of benzene rings is 2. The number of hydrogen-bond acceptors (Lipinski definition) is 3. The Morgan fingerprint density at radius 1 is 1.15 bits per heavy atom. The Bertz CT molecular complexity index is 608. The second kappa shape index (κ2) is 7.13. The molecule has 0 atom stereocenters. The molecular formula is C16H15IO2S. The SMILES string of the molecule is CCc1ccc(Sc2ccc(I)cc2)cc1C(=O)OC. The van der Waals surface area contributed by atoms with E-state index in [4.69, 9.17) is 4.74 Å². The van der Waals surface area contributed by atoms with Gasteiger partial charge in [-0.1, -0.05) is 24.8 Å². The lowest BCUT2D eigenvalue weighted by Crippen LogP contribution is -2.05. The maximum atomic E-state index is 11.8. The summed E-state index contributed by atoms with van der Waals surface area (Å²) < 4.78 is 6.06. The fraction of sp³-hybridized carbons (Fsp3) is 0.188. The highest BCUT2D eigenvalue weighted by Gasteiger charge is 2.12. The molecule has 0 aromatic heterocycles. The third-order valence-corrected chi connectivity index (χ3v) is 4.63. The van der Waals surface area contributed by atoms with Gasteiger partial charge in [0.15, 0.2) is 0 Å². The minimum absolute atomic E-state index is 0.271. The highest BCUT2D eigenvalue weighted by molar-refractivity contribution is 14.1. The monoisotopic (exact) mass is 398 g/mol. The number of carbonyl (C=O) groups excluding carboxylic acids is 1. The van der Waals surface area contributed by atoms with Gasteiger partial charge in [0.1, 0.15) is 0 Å². The van der Waals surface area contributed by atoms with Crippen LogP contribution in [0.5, 0.6) is 0 Å². The summed E-state index contributed by atoms with van der Waals surface area (Å²) in [6, 6.07) is 14.3. The number of carbonyl (C=O) groups is 1. The van der Waals surface area contributed by atoms with Gasteiger partial charge in [0.25, 0.3) is 0 Å². The van der Waals surface area contributed by atoms with E-state index in [2.05, 4.69) is 46.9 Å². The Morgan fingerprint density at radius 3 is 2.40 bits per heavy atom. The third-order valence-electron chi connectivity index (χ3n) is 2.92. The van der Waals surface area contributed by atoms with Crippen molar-refractivity contribution in [2.45, 2.75) is 23.1 Å². The van der Waals surface area contributed by atoms with E-state index in [1.54, 1.807) is 11.8 Å². The van der Waals surface area contributed by atoms with Crippen LogP contribution in [0.1, 0.15) is 22.8 Å². The zero-order valence-electron chi connectivity index (χ0n) is 11.4. The molecule has 2 aromatic rings. The summed E-state index contributed by atoms with van der Waals surface area (Å²) in [5.41, 5.74) is 1.68. The summed E-state index contributed by atoms with van der Waals surface area (Å²) in [6.07, 6.45) is 0.818. The van der Waals surface area contributed by atoms with Gasteiger partial charge in [0, 0.05) is 13.4 Å². The molecule has 0 bridgehead atoms. The van der Waals surface area contributed by atoms with Crippen LogP contribution in [-0.2, 0) is 11.2 Å². The highest BCUT2D eigenvalue weighted by atomic mass is 127. The lowest BCUT2D eigenvalue weighted by molar-refractivity contribution is 0.0599. The molecule has 20 heavy (non-hydrogen) atoms. The Balaban J connectivity index is 2.28. The summed E-state index contributed by atoms with van der Waals surface area (Å²) in [5.74, 6) is -0.271. The second-order valence-electron chi connectivity index (χ2n) is 4.22. The zero-order valence-corrected chi connectivity index (χ0v) is 14.3. The molecule has 0 aliphatic carbocycles. The van der Waals surface area contributed by atoms with Crippen molar-refractivity contribution in [2.24, 2.45) is 0 Å². The summed E-state index contributed by atoms with van der Waals surface area (Å²) >= 11 is 3.93. The van der Waals surface area contributed by atoms with Gasteiger partial charge in [-0.2, -0.15) is 0 Å². The van der Waals surface area contributed by atoms with Gasteiger partial charge < -0.3 is 4.74 Å². The van der Waals surface area contributed by atoms with Crippen LogP contribution in [0.3, 0.4) is 0 Å². The fourth-order valence-electron chi connectivity index (χ4n) is 1.87. The maximum Gasteiger partial charge on any atom is 0.338 e. The molecule has 0 amide bonds. The van der Waals surface area contributed by atoms with Crippen LogP contribution >= 0.6 is 34.4 Å². The van der Waals surface area contributed by atoms with E-state index >= 15 is 0 Å². The van der Waals surface area contributed by atoms with Crippen LogP contribution < -0.4 is 0 Å². The van der Waals surface area contributed by atoms with E-state index in [1.807, 2.05) is 25.1 Å². The minimum Gasteiger partial charge on any atom is -0.465 e. The number of rotatable bonds is 4. The summed E-state index contributed by atoms with van der Waals surface area (Å²) in [5, 5.41) is 0. The van der Waals surface area contributed by atoms with Crippen molar-refractivity contribution in [3.05, 3.63) is 57.2 Å². The molecule has 2 rings (SSSR count). The average molecular weight is 398 g/mol. The molecule has 0 N–H and O–H groups in total. The van der Waals surface area contributed by atoms with Crippen LogP contribution in [0.25, 0.3) is 0 Å². The number of ether oxygens (including phenoxy) is 1. The first kappa shape index (κ1) is 15.4. The molecule has 0 saturated heterocycles. The molecule has 0 unspecified atom stereocenters. The van der Waals surface area contributed by atoms with Gasteiger partial charge in [-0.25, -0.2) is 4.79 Å². The van der Waals surface area contributed by atoms with Crippen molar-refractivity contribution in [2.75, 3.05) is 7.11 Å². The van der Waals surface area contributed by atoms with Crippen LogP contribution in [-0.4, -0.2) is 13.1 Å². The highest BCUT2D eigenvalue weighted by Crippen LogP contribution is 2.30. The topological polar surface area (TPSA) is 26.3 Å². The minimum atomic E-state index is -0.271. The molecule has 0 heterocycles. The number of aryl methyl sites for hydroxylation is 1. The fourth-order valence-corrected chi connectivity index (χ4v) is 3.08. The Labute approximate surface area is 137 Å². The van der Waals surface area contributed by atoms with Crippen molar-refractivity contribution in [3.63, 3.8) is 0 Å². The lowest BCUT2D eigenvalue weighted by Gasteiger charge is -2.09. The van der Waals surface area contributed by atoms with Crippen LogP contribution in [0.2, 0.25) is 0 Å². The van der Waals surface area contributed by atoms with E-state index < -0.39 is 0 Å². The van der Waals surface area contributed by atoms with Gasteiger partial charge in [-0.05, 0) is 71.0 Å². The quantitative estimate of drug-likeness (QED) is 0.547. The molecule has 104 valence electrons. The van der Waals surface area contributed by atoms with Crippen molar-refractivity contribution in [1.29, 1.82) is 0 Å². The molecule has 0 fully saturated rings. The standard InChI is InChI=1S/C16H15IO2S/c1-3-11-4-7-14(10-15(11)16(18)19-2)20-13-8-5-12(17)6-9-13/h4-10H,3H2,1-2H3. The number of esters is 1. The van der Waals surface area contributed by atoms with E-state index in [9.17, 15) is 4.79 Å². The molecule has 0 radical (unpaired) electrons. The van der Waals surface area contributed by atoms with E-state index in [0.29, 0.717) is 5.56 Å². The molecule has 2 aromatic carbocycles. The van der Waals surface area contributed by atoms with Gasteiger partial charge in [0.2, 0.25) is 0 Å². The largest absolute Gasteiger partial charge is 0.465 e. The smallest absolute Gasteiger partial charge is 0.338 e. The van der Waals surface area contributed by atoms with Gasteiger partial charge in [0.05, 0.1) is 12.7 Å².